The van der Waals surface area contributed by atoms with Crippen molar-refractivity contribution in [3.05, 3.63) is 62.7 Å². The zero-order valence-electron chi connectivity index (χ0n) is 11.7. The molecule has 21 heavy (non-hydrogen) atoms. The molecule has 5 nitrogen and oxygen atoms in total. The minimum Gasteiger partial charge on any atom is -0.497 e. The summed E-state index contributed by atoms with van der Waals surface area (Å²) in [6.45, 7) is 2.40. The standard InChI is InChI=1S/C15H15ClN2O3/c1-10-7-15(18(19)20)13(16)8-14(10)17-9-11-3-5-12(21-2)6-4-11/h3-8,17H,9H2,1-2H3. The van der Waals surface area contributed by atoms with Crippen molar-refractivity contribution in [1.82, 2.24) is 0 Å². The topological polar surface area (TPSA) is 64.4 Å². The molecule has 0 bridgehead atoms. The van der Waals surface area contributed by atoms with Gasteiger partial charge in [0.2, 0.25) is 0 Å². The molecule has 110 valence electrons. The summed E-state index contributed by atoms with van der Waals surface area (Å²) >= 11 is 5.92. The molecule has 2 aromatic carbocycles. The normalized spacial score (nSPS) is 10.2. The van der Waals surface area contributed by atoms with Crippen molar-refractivity contribution in [1.29, 1.82) is 0 Å². The smallest absolute Gasteiger partial charge is 0.288 e. The van der Waals surface area contributed by atoms with Crippen LogP contribution in [0.5, 0.6) is 5.75 Å². The molecule has 0 atom stereocenters. The number of aryl methyl sites for hydroxylation is 1. The summed E-state index contributed by atoms with van der Waals surface area (Å²) in [6.07, 6.45) is 0. The first-order valence-electron chi connectivity index (χ1n) is 6.32. The summed E-state index contributed by atoms with van der Waals surface area (Å²) in [5, 5.41) is 14.2. The summed E-state index contributed by atoms with van der Waals surface area (Å²) in [4.78, 5) is 10.3. The number of rotatable bonds is 5. The Bertz CT molecular complexity index is 657. The highest BCUT2D eigenvalue weighted by atomic mass is 35.5. The molecule has 0 radical (unpaired) electrons. The first kappa shape index (κ1) is 15.1. The number of nitrogens with zero attached hydrogens (tertiary/aromatic N) is 1. The lowest BCUT2D eigenvalue weighted by Gasteiger charge is -2.11. The van der Waals surface area contributed by atoms with Crippen LogP contribution in [0.4, 0.5) is 11.4 Å². The predicted molar refractivity (Wildman–Crippen MR) is 83.2 cm³/mol. The second-order valence-electron chi connectivity index (χ2n) is 4.58. The molecule has 0 aliphatic carbocycles. The molecule has 0 amide bonds. The molecule has 0 aliphatic rings. The van der Waals surface area contributed by atoms with E-state index in [-0.39, 0.29) is 10.7 Å². The van der Waals surface area contributed by atoms with Gasteiger partial charge in [-0.1, -0.05) is 23.7 Å². The van der Waals surface area contributed by atoms with Crippen LogP contribution in [-0.4, -0.2) is 12.0 Å². The third-order valence-corrected chi connectivity index (χ3v) is 3.44. The lowest BCUT2D eigenvalue weighted by atomic mass is 10.1. The molecule has 2 aromatic rings. The van der Waals surface area contributed by atoms with E-state index in [0.29, 0.717) is 6.54 Å². The van der Waals surface area contributed by atoms with E-state index in [1.807, 2.05) is 24.3 Å². The van der Waals surface area contributed by atoms with Crippen LogP contribution in [0.1, 0.15) is 11.1 Å². The number of anilines is 1. The molecule has 1 N–H and O–H groups in total. The Hall–Kier alpha value is -2.27. The number of methoxy groups -OCH3 is 1. The lowest BCUT2D eigenvalue weighted by molar-refractivity contribution is -0.384. The number of ether oxygens (including phenoxy) is 1. The molecular weight excluding hydrogens is 292 g/mol. The fraction of sp³-hybridized carbons (Fsp3) is 0.200. The summed E-state index contributed by atoms with van der Waals surface area (Å²) < 4.78 is 5.10. The van der Waals surface area contributed by atoms with Crippen LogP contribution in [0.25, 0.3) is 0 Å². The van der Waals surface area contributed by atoms with Gasteiger partial charge in [-0.2, -0.15) is 0 Å². The monoisotopic (exact) mass is 306 g/mol. The lowest BCUT2D eigenvalue weighted by Crippen LogP contribution is -2.02. The number of halogens is 1. The first-order valence-corrected chi connectivity index (χ1v) is 6.70. The number of nitro groups is 1. The Morgan fingerprint density at radius 3 is 2.52 bits per heavy atom. The van der Waals surface area contributed by atoms with Crippen LogP contribution in [0.15, 0.2) is 36.4 Å². The molecule has 0 saturated heterocycles. The van der Waals surface area contributed by atoms with Gasteiger partial charge in [-0.3, -0.25) is 10.1 Å². The van der Waals surface area contributed by atoms with Gasteiger partial charge in [0.1, 0.15) is 10.8 Å². The van der Waals surface area contributed by atoms with Crippen molar-refractivity contribution in [2.45, 2.75) is 13.5 Å². The van der Waals surface area contributed by atoms with Crippen molar-refractivity contribution in [3.63, 3.8) is 0 Å². The molecule has 0 saturated carbocycles. The zero-order valence-corrected chi connectivity index (χ0v) is 12.5. The Labute approximate surface area is 127 Å². The second kappa shape index (κ2) is 6.45. The zero-order chi connectivity index (χ0) is 15.4. The number of hydrogen-bond acceptors (Lipinski definition) is 4. The van der Waals surface area contributed by atoms with Gasteiger partial charge in [-0.25, -0.2) is 0 Å². The highest BCUT2D eigenvalue weighted by Gasteiger charge is 2.14. The minimum absolute atomic E-state index is 0.0795. The molecule has 0 aliphatic heterocycles. The highest BCUT2D eigenvalue weighted by Crippen LogP contribution is 2.30. The van der Waals surface area contributed by atoms with Crippen molar-refractivity contribution < 1.29 is 9.66 Å². The fourth-order valence-electron chi connectivity index (χ4n) is 1.94. The van der Waals surface area contributed by atoms with E-state index in [1.54, 1.807) is 20.1 Å². The third kappa shape index (κ3) is 3.64. The van der Waals surface area contributed by atoms with E-state index >= 15 is 0 Å². The number of hydrogen-bond donors (Lipinski definition) is 1. The van der Waals surface area contributed by atoms with Crippen LogP contribution in [0.2, 0.25) is 5.02 Å². The van der Waals surface area contributed by atoms with Crippen LogP contribution < -0.4 is 10.1 Å². The van der Waals surface area contributed by atoms with E-state index in [1.165, 1.54) is 6.07 Å². The van der Waals surface area contributed by atoms with Gasteiger partial charge in [0, 0.05) is 18.3 Å². The Kier molecular flexibility index (Phi) is 4.65. The molecule has 0 spiro atoms. The first-order chi connectivity index (χ1) is 10.0. The number of benzene rings is 2. The van der Waals surface area contributed by atoms with Crippen LogP contribution in [-0.2, 0) is 6.54 Å². The van der Waals surface area contributed by atoms with E-state index in [2.05, 4.69) is 5.32 Å². The van der Waals surface area contributed by atoms with Gasteiger partial charge in [0.05, 0.1) is 12.0 Å². The average molecular weight is 307 g/mol. The molecule has 0 aromatic heterocycles. The van der Waals surface area contributed by atoms with Crippen LogP contribution >= 0.6 is 11.6 Å². The summed E-state index contributed by atoms with van der Waals surface area (Å²) in [7, 11) is 1.62. The molecule has 0 unspecified atom stereocenters. The van der Waals surface area contributed by atoms with Crippen LogP contribution in [0, 0.1) is 17.0 Å². The molecular formula is C15H15ClN2O3. The average Bonchev–Trinajstić information content (AvgIpc) is 2.48. The number of nitro benzene ring substituents is 1. The van der Waals surface area contributed by atoms with Gasteiger partial charge < -0.3 is 10.1 Å². The van der Waals surface area contributed by atoms with Gasteiger partial charge in [0.25, 0.3) is 5.69 Å². The van der Waals surface area contributed by atoms with E-state index in [0.717, 1.165) is 22.6 Å². The van der Waals surface area contributed by atoms with Crippen LogP contribution in [0.3, 0.4) is 0 Å². The quantitative estimate of drug-likeness (QED) is 0.665. The van der Waals surface area contributed by atoms with Crippen molar-refractivity contribution in [3.8, 4) is 5.75 Å². The van der Waals surface area contributed by atoms with E-state index in [4.69, 9.17) is 16.3 Å². The SMILES string of the molecule is COc1ccc(CNc2cc(Cl)c([N+](=O)[O-])cc2C)cc1. The van der Waals surface area contributed by atoms with Gasteiger partial charge >= 0.3 is 0 Å². The molecule has 0 fully saturated rings. The van der Waals surface area contributed by atoms with Crippen molar-refractivity contribution in [2.24, 2.45) is 0 Å². The predicted octanol–water partition coefficient (Wildman–Crippen LogP) is 4.18. The van der Waals surface area contributed by atoms with E-state index < -0.39 is 4.92 Å². The molecule has 0 heterocycles. The van der Waals surface area contributed by atoms with Crippen molar-refractivity contribution >= 4 is 23.0 Å². The summed E-state index contributed by atoms with van der Waals surface area (Å²) in [6, 6.07) is 10.7. The number of nitrogens with one attached hydrogen (secondary N) is 1. The fourth-order valence-corrected chi connectivity index (χ4v) is 2.17. The summed E-state index contributed by atoms with van der Waals surface area (Å²) in [5.74, 6) is 0.799. The van der Waals surface area contributed by atoms with Gasteiger partial charge in [-0.05, 0) is 36.2 Å². The van der Waals surface area contributed by atoms with Gasteiger partial charge in [-0.15, -0.1) is 0 Å². The largest absolute Gasteiger partial charge is 0.497 e. The van der Waals surface area contributed by atoms with Gasteiger partial charge in [0.15, 0.2) is 0 Å². The van der Waals surface area contributed by atoms with Crippen molar-refractivity contribution in [2.75, 3.05) is 12.4 Å². The Morgan fingerprint density at radius 1 is 1.29 bits per heavy atom. The Balaban J connectivity index is 2.12. The minimum atomic E-state index is -0.484. The van der Waals surface area contributed by atoms with E-state index in [9.17, 15) is 10.1 Å². The maximum absolute atomic E-state index is 10.8. The maximum atomic E-state index is 10.8. The third-order valence-electron chi connectivity index (χ3n) is 3.13. The highest BCUT2D eigenvalue weighted by molar-refractivity contribution is 6.33. The Morgan fingerprint density at radius 2 is 1.95 bits per heavy atom. The molecule has 6 heteroatoms. The molecule has 2 rings (SSSR count). The summed E-state index contributed by atoms with van der Waals surface area (Å²) in [5.41, 5.74) is 2.55. The maximum Gasteiger partial charge on any atom is 0.288 e. The second-order valence-corrected chi connectivity index (χ2v) is 4.98.